The number of hydrogen-bond acceptors (Lipinski definition) is 3. The first-order chi connectivity index (χ1) is 7.79. The minimum Gasteiger partial charge on any atom is -0.480 e. The van der Waals surface area contributed by atoms with Crippen molar-refractivity contribution < 1.29 is 9.90 Å². The van der Waals surface area contributed by atoms with Crippen molar-refractivity contribution in [2.24, 2.45) is 0 Å². The van der Waals surface area contributed by atoms with Crippen molar-refractivity contribution in [1.82, 2.24) is 9.88 Å². The largest absolute Gasteiger partial charge is 0.480 e. The fourth-order valence-electron chi connectivity index (χ4n) is 2.22. The molecule has 4 heteroatoms. The Hall–Kier alpha value is -1.42. The molecule has 2 rings (SSSR count). The van der Waals surface area contributed by atoms with Gasteiger partial charge in [-0.1, -0.05) is 12.5 Å². The van der Waals surface area contributed by atoms with E-state index in [-0.39, 0.29) is 0 Å². The first-order valence-corrected chi connectivity index (χ1v) is 5.66. The second kappa shape index (κ2) is 5.07. The smallest absolute Gasteiger partial charge is 0.325 e. The van der Waals surface area contributed by atoms with Crippen LogP contribution in [-0.4, -0.2) is 34.0 Å². The van der Waals surface area contributed by atoms with Gasteiger partial charge in [-0.15, -0.1) is 0 Å². The fraction of sp³-hybridized carbons (Fsp3) is 0.500. The minimum absolute atomic E-state index is 0.533. The maximum absolute atomic E-state index is 11.3. The summed E-state index contributed by atoms with van der Waals surface area (Å²) in [5.74, 6) is -0.782. The molecule has 0 unspecified atom stereocenters. The van der Waals surface area contributed by atoms with Gasteiger partial charge in [-0.2, -0.15) is 0 Å². The second-order valence-electron chi connectivity index (χ2n) is 4.12. The average molecular weight is 220 g/mol. The van der Waals surface area contributed by atoms with Crippen molar-refractivity contribution in [2.45, 2.75) is 25.3 Å². The van der Waals surface area contributed by atoms with Gasteiger partial charge in [-0.25, -0.2) is 0 Å². The summed E-state index contributed by atoms with van der Waals surface area (Å²) >= 11 is 0. The third-order valence-corrected chi connectivity index (χ3v) is 2.99. The normalized spacial score (nSPS) is 19.2. The molecule has 1 saturated heterocycles. The lowest BCUT2D eigenvalue weighted by atomic mass is 10.0. The lowest BCUT2D eigenvalue weighted by Gasteiger charge is -2.31. The van der Waals surface area contributed by atoms with Gasteiger partial charge in [0.1, 0.15) is 6.04 Å². The van der Waals surface area contributed by atoms with Gasteiger partial charge in [0.05, 0.1) is 0 Å². The lowest BCUT2D eigenvalue weighted by Crippen LogP contribution is -2.37. The van der Waals surface area contributed by atoms with E-state index in [1.54, 1.807) is 18.5 Å². The zero-order valence-electron chi connectivity index (χ0n) is 9.17. The van der Waals surface area contributed by atoms with Crippen LogP contribution >= 0.6 is 0 Å². The summed E-state index contributed by atoms with van der Waals surface area (Å²) in [7, 11) is 0. The Kier molecular flexibility index (Phi) is 3.51. The molecule has 1 aliphatic heterocycles. The molecule has 0 aliphatic carbocycles. The van der Waals surface area contributed by atoms with Gasteiger partial charge < -0.3 is 5.11 Å². The number of pyridine rings is 1. The molecule has 0 amide bonds. The SMILES string of the molecule is O=C(O)[C@H](c1cccnc1)N1CCCCC1. The lowest BCUT2D eigenvalue weighted by molar-refractivity contribution is -0.144. The summed E-state index contributed by atoms with van der Waals surface area (Å²) in [5.41, 5.74) is 0.775. The summed E-state index contributed by atoms with van der Waals surface area (Å²) in [6, 6.07) is 3.09. The summed E-state index contributed by atoms with van der Waals surface area (Å²) in [6.45, 7) is 1.73. The van der Waals surface area contributed by atoms with Gasteiger partial charge >= 0.3 is 5.97 Å². The minimum atomic E-state index is -0.782. The van der Waals surface area contributed by atoms with Crippen molar-refractivity contribution in [3.63, 3.8) is 0 Å². The Balaban J connectivity index is 2.20. The molecule has 0 aromatic carbocycles. The Morgan fingerprint density at radius 1 is 1.38 bits per heavy atom. The number of aliphatic carboxylic acids is 1. The van der Waals surface area contributed by atoms with Crippen LogP contribution in [0.1, 0.15) is 30.9 Å². The topological polar surface area (TPSA) is 53.4 Å². The van der Waals surface area contributed by atoms with Crippen molar-refractivity contribution in [2.75, 3.05) is 13.1 Å². The van der Waals surface area contributed by atoms with E-state index in [1.165, 1.54) is 6.42 Å². The van der Waals surface area contributed by atoms with Crippen LogP contribution in [0.25, 0.3) is 0 Å². The van der Waals surface area contributed by atoms with E-state index < -0.39 is 12.0 Å². The van der Waals surface area contributed by atoms with Gasteiger partial charge in [-0.3, -0.25) is 14.7 Å². The molecule has 1 aromatic rings. The number of hydrogen-bond donors (Lipinski definition) is 1. The van der Waals surface area contributed by atoms with E-state index in [2.05, 4.69) is 4.98 Å². The molecule has 4 nitrogen and oxygen atoms in total. The molecule has 86 valence electrons. The van der Waals surface area contributed by atoms with Crippen LogP contribution in [0.4, 0.5) is 0 Å². The summed E-state index contributed by atoms with van der Waals surface area (Å²) in [5, 5.41) is 9.31. The monoisotopic (exact) mass is 220 g/mol. The molecule has 1 N–H and O–H groups in total. The van der Waals surface area contributed by atoms with Gasteiger partial charge in [-0.05, 0) is 37.6 Å². The van der Waals surface area contributed by atoms with Crippen LogP contribution in [0.3, 0.4) is 0 Å². The molecular formula is C12H16N2O2. The Labute approximate surface area is 94.9 Å². The predicted molar refractivity (Wildman–Crippen MR) is 60.0 cm³/mol. The molecular weight excluding hydrogens is 204 g/mol. The molecule has 1 atom stereocenters. The quantitative estimate of drug-likeness (QED) is 0.842. The van der Waals surface area contributed by atoms with E-state index >= 15 is 0 Å². The number of carboxylic acids is 1. The fourth-order valence-corrected chi connectivity index (χ4v) is 2.22. The first kappa shape index (κ1) is 11.1. The van der Waals surface area contributed by atoms with Crippen LogP contribution in [0.2, 0.25) is 0 Å². The van der Waals surface area contributed by atoms with Gasteiger partial charge in [0.25, 0.3) is 0 Å². The highest BCUT2D eigenvalue weighted by molar-refractivity contribution is 5.75. The molecule has 16 heavy (non-hydrogen) atoms. The van der Waals surface area contributed by atoms with Crippen LogP contribution < -0.4 is 0 Å². The number of piperidine rings is 1. The third kappa shape index (κ3) is 2.39. The van der Waals surface area contributed by atoms with Crippen LogP contribution in [-0.2, 0) is 4.79 Å². The Bertz CT molecular complexity index is 347. The number of carbonyl (C=O) groups is 1. The highest BCUT2D eigenvalue weighted by atomic mass is 16.4. The molecule has 1 aliphatic rings. The van der Waals surface area contributed by atoms with E-state index in [0.29, 0.717) is 0 Å². The summed E-state index contributed by atoms with van der Waals surface area (Å²) < 4.78 is 0. The standard InChI is InChI=1S/C12H16N2O2/c15-12(16)11(10-5-4-6-13-9-10)14-7-2-1-3-8-14/h4-6,9,11H,1-3,7-8H2,(H,15,16)/t11-/m0/s1. The molecule has 0 spiro atoms. The number of carboxylic acid groups (broad SMARTS) is 1. The van der Waals surface area contributed by atoms with E-state index in [0.717, 1.165) is 31.5 Å². The summed E-state index contributed by atoms with van der Waals surface area (Å²) in [4.78, 5) is 17.4. The zero-order valence-corrected chi connectivity index (χ0v) is 9.17. The molecule has 2 heterocycles. The molecule has 1 aromatic heterocycles. The highest BCUT2D eigenvalue weighted by Gasteiger charge is 2.28. The second-order valence-corrected chi connectivity index (χ2v) is 4.12. The average Bonchev–Trinajstić information content (AvgIpc) is 2.31. The predicted octanol–water partition coefficient (Wildman–Crippen LogP) is 1.69. The number of aromatic nitrogens is 1. The number of likely N-dealkylation sites (tertiary alicyclic amines) is 1. The van der Waals surface area contributed by atoms with E-state index in [4.69, 9.17) is 0 Å². The Morgan fingerprint density at radius 3 is 2.69 bits per heavy atom. The number of rotatable bonds is 3. The molecule has 0 bridgehead atoms. The van der Waals surface area contributed by atoms with Crippen molar-refractivity contribution in [3.05, 3.63) is 30.1 Å². The Morgan fingerprint density at radius 2 is 2.12 bits per heavy atom. The van der Waals surface area contributed by atoms with Crippen molar-refractivity contribution >= 4 is 5.97 Å². The maximum atomic E-state index is 11.3. The van der Waals surface area contributed by atoms with Crippen LogP contribution in [0.15, 0.2) is 24.5 Å². The molecule has 1 fully saturated rings. The van der Waals surface area contributed by atoms with Crippen LogP contribution in [0.5, 0.6) is 0 Å². The zero-order chi connectivity index (χ0) is 11.4. The maximum Gasteiger partial charge on any atom is 0.325 e. The van der Waals surface area contributed by atoms with E-state index in [1.807, 2.05) is 11.0 Å². The van der Waals surface area contributed by atoms with Crippen LogP contribution in [0, 0.1) is 0 Å². The van der Waals surface area contributed by atoms with Gasteiger partial charge in [0, 0.05) is 12.4 Å². The van der Waals surface area contributed by atoms with Crippen molar-refractivity contribution in [1.29, 1.82) is 0 Å². The first-order valence-electron chi connectivity index (χ1n) is 5.66. The van der Waals surface area contributed by atoms with Gasteiger partial charge in [0.2, 0.25) is 0 Å². The van der Waals surface area contributed by atoms with Gasteiger partial charge in [0.15, 0.2) is 0 Å². The summed E-state index contributed by atoms with van der Waals surface area (Å²) in [6.07, 6.45) is 6.69. The number of nitrogens with zero attached hydrogens (tertiary/aromatic N) is 2. The highest BCUT2D eigenvalue weighted by Crippen LogP contribution is 2.24. The molecule has 0 radical (unpaired) electrons. The third-order valence-electron chi connectivity index (χ3n) is 2.99. The molecule has 0 saturated carbocycles. The van der Waals surface area contributed by atoms with E-state index in [9.17, 15) is 9.90 Å². The van der Waals surface area contributed by atoms with Crippen molar-refractivity contribution in [3.8, 4) is 0 Å².